The summed E-state index contributed by atoms with van der Waals surface area (Å²) in [6.45, 7) is 0.170. The van der Waals surface area contributed by atoms with Gasteiger partial charge in [0.15, 0.2) is 5.83 Å². The molecule has 1 saturated heterocycles. The van der Waals surface area contributed by atoms with Crippen molar-refractivity contribution in [1.82, 2.24) is 0 Å². The second kappa shape index (κ2) is 3.61. The van der Waals surface area contributed by atoms with Crippen LogP contribution in [0.25, 0.3) is 0 Å². The van der Waals surface area contributed by atoms with Gasteiger partial charge in [0.25, 0.3) is 0 Å². The molecule has 6 heteroatoms. The van der Waals surface area contributed by atoms with E-state index in [-0.39, 0.29) is 13.0 Å². The zero-order chi connectivity index (χ0) is 10.1. The molecule has 76 valence electrons. The van der Waals surface area contributed by atoms with Gasteiger partial charge in [0, 0.05) is 6.61 Å². The highest BCUT2D eigenvalue weighted by molar-refractivity contribution is 5.11. The van der Waals surface area contributed by atoms with Crippen molar-refractivity contribution in [3.05, 3.63) is 11.7 Å². The summed E-state index contributed by atoms with van der Waals surface area (Å²) in [5.41, 5.74) is 0. The van der Waals surface area contributed by atoms with E-state index in [0.717, 1.165) is 0 Å². The van der Waals surface area contributed by atoms with E-state index in [0.29, 0.717) is 6.42 Å². The van der Waals surface area contributed by atoms with Crippen LogP contribution in [0.5, 0.6) is 0 Å². The second-order valence-corrected chi connectivity index (χ2v) is 2.66. The van der Waals surface area contributed by atoms with Crippen molar-refractivity contribution in [3.8, 4) is 0 Å². The van der Waals surface area contributed by atoms with Gasteiger partial charge in [-0.1, -0.05) is 0 Å². The molecule has 0 aromatic rings. The SMILES string of the molecule is F/C(=C(\F)C(F)(F)F)[C@@H]1CCCO1. The Morgan fingerprint density at radius 1 is 1.23 bits per heavy atom. The van der Waals surface area contributed by atoms with Crippen molar-refractivity contribution >= 4 is 0 Å². The van der Waals surface area contributed by atoms with Gasteiger partial charge in [-0.2, -0.15) is 17.6 Å². The maximum Gasteiger partial charge on any atom is 0.445 e. The average molecular weight is 202 g/mol. The van der Waals surface area contributed by atoms with E-state index < -0.39 is 23.9 Å². The fourth-order valence-corrected chi connectivity index (χ4v) is 1.05. The van der Waals surface area contributed by atoms with Crippen LogP contribution in [0.1, 0.15) is 12.8 Å². The van der Waals surface area contributed by atoms with Crippen LogP contribution in [-0.2, 0) is 4.74 Å². The standard InChI is InChI=1S/C7H7F5O/c8-5(4-2-1-3-13-4)6(9)7(10,11)12/h4H,1-3H2/b6-5-/t4-/m0/s1. The van der Waals surface area contributed by atoms with Crippen LogP contribution in [-0.4, -0.2) is 18.9 Å². The van der Waals surface area contributed by atoms with Gasteiger partial charge >= 0.3 is 6.18 Å². The molecule has 0 spiro atoms. The van der Waals surface area contributed by atoms with Crippen LogP contribution >= 0.6 is 0 Å². The van der Waals surface area contributed by atoms with Gasteiger partial charge < -0.3 is 4.74 Å². The molecule has 0 saturated carbocycles. The normalized spacial score (nSPS) is 26.1. The highest BCUT2D eigenvalue weighted by Crippen LogP contribution is 2.33. The molecule has 0 aromatic heterocycles. The van der Waals surface area contributed by atoms with Crippen LogP contribution in [0, 0.1) is 0 Å². The van der Waals surface area contributed by atoms with Crippen molar-refractivity contribution in [2.75, 3.05) is 6.61 Å². The quantitative estimate of drug-likeness (QED) is 0.594. The molecule has 1 nitrogen and oxygen atoms in total. The molecule has 1 atom stereocenters. The third-order valence-corrected chi connectivity index (χ3v) is 1.67. The molecule has 0 aliphatic carbocycles. The molecule has 1 fully saturated rings. The largest absolute Gasteiger partial charge is 0.445 e. The van der Waals surface area contributed by atoms with Gasteiger partial charge in [-0.25, -0.2) is 4.39 Å². The maximum absolute atomic E-state index is 12.7. The van der Waals surface area contributed by atoms with Crippen molar-refractivity contribution in [2.24, 2.45) is 0 Å². The van der Waals surface area contributed by atoms with Gasteiger partial charge in [0.2, 0.25) is 5.83 Å². The predicted octanol–water partition coefficient (Wildman–Crippen LogP) is 2.88. The monoisotopic (exact) mass is 202 g/mol. The number of hydrogen-bond acceptors (Lipinski definition) is 1. The average Bonchev–Trinajstić information content (AvgIpc) is 2.51. The minimum absolute atomic E-state index is 0.0926. The summed E-state index contributed by atoms with van der Waals surface area (Å²) < 4.78 is 64.3. The fraction of sp³-hybridized carbons (Fsp3) is 0.714. The van der Waals surface area contributed by atoms with Gasteiger partial charge in [0.05, 0.1) is 0 Å². The third-order valence-electron chi connectivity index (χ3n) is 1.67. The molecule has 0 unspecified atom stereocenters. The first-order valence-corrected chi connectivity index (χ1v) is 3.67. The molecule has 1 aliphatic rings. The summed E-state index contributed by atoms with van der Waals surface area (Å²) in [6, 6.07) is 0. The Labute approximate surface area is 71.2 Å². The lowest BCUT2D eigenvalue weighted by atomic mass is 10.2. The summed E-state index contributed by atoms with van der Waals surface area (Å²) >= 11 is 0. The van der Waals surface area contributed by atoms with Crippen molar-refractivity contribution in [1.29, 1.82) is 0 Å². The lowest BCUT2D eigenvalue weighted by Crippen LogP contribution is -2.15. The highest BCUT2D eigenvalue weighted by atomic mass is 19.4. The van der Waals surface area contributed by atoms with Crippen molar-refractivity contribution in [2.45, 2.75) is 25.1 Å². The molecule has 1 rings (SSSR count). The Morgan fingerprint density at radius 2 is 1.85 bits per heavy atom. The Hall–Kier alpha value is -0.650. The van der Waals surface area contributed by atoms with E-state index in [2.05, 4.69) is 4.74 Å². The molecule has 1 heterocycles. The van der Waals surface area contributed by atoms with Gasteiger partial charge in [-0.15, -0.1) is 0 Å². The van der Waals surface area contributed by atoms with Crippen LogP contribution in [0.4, 0.5) is 22.0 Å². The lowest BCUT2D eigenvalue weighted by molar-refractivity contribution is -0.113. The van der Waals surface area contributed by atoms with Crippen LogP contribution in [0.2, 0.25) is 0 Å². The number of allylic oxidation sites excluding steroid dienone is 1. The minimum Gasteiger partial charge on any atom is -0.371 e. The molecular formula is C7H7F5O. The number of ether oxygens (including phenoxy) is 1. The minimum atomic E-state index is -5.25. The fourth-order valence-electron chi connectivity index (χ4n) is 1.05. The number of hydrogen-bond donors (Lipinski definition) is 0. The smallest absolute Gasteiger partial charge is 0.371 e. The zero-order valence-electron chi connectivity index (χ0n) is 6.50. The van der Waals surface area contributed by atoms with E-state index in [4.69, 9.17) is 0 Å². The molecule has 1 aliphatic heterocycles. The number of rotatable bonds is 1. The number of alkyl halides is 3. The van der Waals surface area contributed by atoms with Crippen LogP contribution < -0.4 is 0 Å². The molecule has 0 bridgehead atoms. The molecule has 0 N–H and O–H groups in total. The summed E-state index contributed by atoms with van der Waals surface area (Å²) in [6.07, 6.45) is -6.07. The molecule has 13 heavy (non-hydrogen) atoms. The lowest BCUT2D eigenvalue weighted by Gasteiger charge is -2.09. The van der Waals surface area contributed by atoms with Crippen LogP contribution in [0.3, 0.4) is 0 Å². The van der Waals surface area contributed by atoms with E-state index in [1.807, 2.05) is 0 Å². The number of halogens is 5. The molecule has 0 radical (unpaired) electrons. The van der Waals surface area contributed by atoms with E-state index in [1.165, 1.54) is 0 Å². The third kappa shape index (κ3) is 2.40. The summed E-state index contributed by atoms with van der Waals surface area (Å²) in [4.78, 5) is 0. The van der Waals surface area contributed by atoms with Crippen molar-refractivity contribution in [3.63, 3.8) is 0 Å². The Balaban J connectivity index is 2.77. The maximum atomic E-state index is 12.7. The molecule has 0 aromatic carbocycles. The Bertz CT molecular complexity index is 213. The Morgan fingerprint density at radius 3 is 2.23 bits per heavy atom. The van der Waals surface area contributed by atoms with Gasteiger partial charge in [0.1, 0.15) is 6.10 Å². The zero-order valence-corrected chi connectivity index (χ0v) is 6.50. The van der Waals surface area contributed by atoms with Crippen LogP contribution in [0.15, 0.2) is 11.7 Å². The Kier molecular flexibility index (Phi) is 2.90. The second-order valence-electron chi connectivity index (χ2n) is 2.66. The van der Waals surface area contributed by atoms with E-state index in [9.17, 15) is 22.0 Å². The van der Waals surface area contributed by atoms with Gasteiger partial charge in [-0.3, -0.25) is 0 Å². The summed E-state index contributed by atoms with van der Waals surface area (Å²) in [5.74, 6) is -4.52. The first-order valence-electron chi connectivity index (χ1n) is 3.67. The molecular weight excluding hydrogens is 195 g/mol. The topological polar surface area (TPSA) is 9.23 Å². The van der Waals surface area contributed by atoms with Crippen molar-refractivity contribution < 1.29 is 26.7 Å². The van der Waals surface area contributed by atoms with E-state index in [1.54, 1.807) is 0 Å². The highest BCUT2D eigenvalue weighted by Gasteiger charge is 2.40. The van der Waals surface area contributed by atoms with Gasteiger partial charge in [-0.05, 0) is 12.8 Å². The summed E-state index contributed by atoms with van der Waals surface area (Å²) in [5, 5.41) is 0. The van der Waals surface area contributed by atoms with E-state index >= 15 is 0 Å². The first kappa shape index (κ1) is 10.4. The summed E-state index contributed by atoms with van der Waals surface area (Å²) in [7, 11) is 0. The first-order chi connectivity index (χ1) is 5.93. The predicted molar refractivity (Wildman–Crippen MR) is 34.3 cm³/mol. The molecule has 0 amide bonds.